The minimum Gasteiger partial charge on any atom is -0.340 e. The number of aromatic nitrogens is 1. The standard InChI is InChI=1S/C13H16N4O3/c1-17-11(18)3-2-10(13(17)20)16-12(19)8-4-5-15-9(6-8)7-14/h4-6,10H,2-3,7,14H2,1H3,(H,16,19). The number of carbonyl (C=O) groups excluding carboxylic acids is 3. The first-order valence-corrected chi connectivity index (χ1v) is 6.29. The highest BCUT2D eigenvalue weighted by Crippen LogP contribution is 2.12. The van der Waals surface area contributed by atoms with Crippen molar-refractivity contribution in [3.05, 3.63) is 29.6 Å². The maximum Gasteiger partial charge on any atom is 0.252 e. The van der Waals surface area contributed by atoms with E-state index in [1.54, 1.807) is 12.1 Å². The second-order valence-corrected chi connectivity index (χ2v) is 4.60. The van der Waals surface area contributed by atoms with Gasteiger partial charge in [0.05, 0.1) is 5.69 Å². The SMILES string of the molecule is CN1C(=O)CCC(NC(=O)c2ccnc(CN)c2)C1=O. The largest absolute Gasteiger partial charge is 0.340 e. The van der Waals surface area contributed by atoms with Crippen LogP contribution < -0.4 is 11.1 Å². The first-order valence-electron chi connectivity index (χ1n) is 6.29. The molecular formula is C13H16N4O3. The van der Waals surface area contributed by atoms with E-state index >= 15 is 0 Å². The molecule has 0 spiro atoms. The molecular weight excluding hydrogens is 260 g/mol. The molecule has 0 aromatic carbocycles. The van der Waals surface area contributed by atoms with Gasteiger partial charge in [-0.3, -0.25) is 24.3 Å². The molecule has 2 heterocycles. The van der Waals surface area contributed by atoms with E-state index < -0.39 is 6.04 Å². The topological polar surface area (TPSA) is 105 Å². The molecule has 0 bridgehead atoms. The van der Waals surface area contributed by atoms with Crippen molar-refractivity contribution in [3.8, 4) is 0 Å². The Morgan fingerprint density at radius 1 is 1.55 bits per heavy atom. The van der Waals surface area contributed by atoms with Crippen molar-refractivity contribution in [2.24, 2.45) is 5.73 Å². The third-order valence-electron chi connectivity index (χ3n) is 3.24. The van der Waals surface area contributed by atoms with Gasteiger partial charge in [0.15, 0.2) is 0 Å². The molecule has 1 saturated heterocycles. The third kappa shape index (κ3) is 2.83. The predicted molar refractivity (Wildman–Crippen MR) is 70.4 cm³/mol. The molecule has 7 nitrogen and oxygen atoms in total. The van der Waals surface area contributed by atoms with Crippen LogP contribution in [0.1, 0.15) is 28.9 Å². The van der Waals surface area contributed by atoms with Gasteiger partial charge in [0, 0.05) is 31.8 Å². The third-order valence-corrected chi connectivity index (χ3v) is 3.24. The van der Waals surface area contributed by atoms with Crippen LogP contribution in [0.3, 0.4) is 0 Å². The molecule has 2 rings (SSSR count). The first-order chi connectivity index (χ1) is 9.52. The summed E-state index contributed by atoms with van der Waals surface area (Å²) in [7, 11) is 1.42. The Labute approximate surface area is 116 Å². The van der Waals surface area contributed by atoms with Crippen molar-refractivity contribution in [2.75, 3.05) is 7.05 Å². The zero-order valence-corrected chi connectivity index (χ0v) is 11.1. The maximum absolute atomic E-state index is 12.1. The number of amides is 3. The summed E-state index contributed by atoms with van der Waals surface area (Å²) in [5.74, 6) is -0.985. The molecule has 1 fully saturated rings. The van der Waals surface area contributed by atoms with Crippen LogP contribution in [0.2, 0.25) is 0 Å². The highest BCUT2D eigenvalue weighted by atomic mass is 16.2. The van der Waals surface area contributed by atoms with Crippen molar-refractivity contribution in [1.82, 2.24) is 15.2 Å². The van der Waals surface area contributed by atoms with Crippen LogP contribution in [0, 0.1) is 0 Å². The van der Waals surface area contributed by atoms with Gasteiger partial charge in [-0.25, -0.2) is 0 Å². The maximum atomic E-state index is 12.1. The lowest BCUT2D eigenvalue weighted by atomic mass is 10.0. The number of nitrogens with zero attached hydrogens (tertiary/aromatic N) is 2. The fourth-order valence-electron chi connectivity index (χ4n) is 2.02. The van der Waals surface area contributed by atoms with Crippen molar-refractivity contribution < 1.29 is 14.4 Å². The van der Waals surface area contributed by atoms with Crippen LogP contribution in [0.5, 0.6) is 0 Å². The Hall–Kier alpha value is -2.28. The van der Waals surface area contributed by atoms with Crippen LogP contribution in [-0.2, 0) is 16.1 Å². The van der Waals surface area contributed by atoms with Gasteiger partial charge in [-0.15, -0.1) is 0 Å². The number of nitrogens with two attached hydrogens (primary N) is 1. The minimum atomic E-state index is -0.667. The van der Waals surface area contributed by atoms with Gasteiger partial charge in [-0.1, -0.05) is 0 Å². The van der Waals surface area contributed by atoms with Crippen molar-refractivity contribution in [1.29, 1.82) is 0 Å². The average Bonchev–Trinajstić information content (AvgIpc) is 2.48. The molecule has 0 aliphatic carbocycles. The molecule has 1 unspecified atom stereocenters. The van der Waals surface area contributed by atoms with E-state index in [0.29, 0.717) is 17.7 Å². The molecule has 3 amide bonds. The second kappa shape index (κ2) is 5.79. The number of rotatable bonds is 3. The first kappa shape index (κ1) is 14.1. The molecule has 0 saturated carbocycles. The van der Waals surface area contributed by atoms with Crippen LogP contribution in [-0.4, -0.2) is 40.7 Å². The van der Waals surface area contributed by atoms with Crippen LogP contribution in [0.4, 0.5) is 0 Å². The van der Waals surface area contributed by atoms with Gasteiger partial charge in [0.25, 0.3) is 11.8 Å². The number of imide groups is 1. The molecule has 1 aliphatic heterocycles. The number of carbonyl (C=O) groups is 3. The van der Waals surface area contributed by atoms with E-state index in [2.05, 4.69) is 10.3 Å². The summed E-state index contributed by atoms with van der Waals surface area (Å²) in [4.78, 5) is 40.4. The Kier molecular flexibility index (Phi) is 4.09. The summed E-state index contributed by atoms with van der Waals surface area (Å²) in [6.07, 6.45) is 2.07. The summed E-state index contributed by atoms with van der Waals surface area (Å²) in [6.45, 7) is 0.237. The van der Waals surface area contributed by atoms with E-state index in [-0.39, 0.29) is 30.7 Å². The molecule has 3 N–H and O–H groups in total. The summed E-state index contributed by atoms with van der Waals surface area (Å²) >= 11 is 0. The highest BCUT2D eigenvalue weighted by molar-refractivity contribution is 6.03. The van der Waals surface area contributed by atoms with Gasteiger partial charge in [0.2, 0.25) is 5.91 Å². The number of likely N-dealkylation sites (N-methyl/N-ethyl adjacent to an activating group) is 1. The number of pyridine rings is 1. The number of hydrogen-bond acceptors (Lipinski definition) is 5. The van der Waals surface area contributed by atoms with Gasteiger partial charge < -0.3 is 11.1 Å². The Morgan fingerprint density at radius 3 is 3.00 bits per heavy atom. The zero-order chi connectivity index (χ0) is 14.7. The number of likely N-dealkylation sites (tertiary alicyclic amines) is 1. The van der Waals surface area contributed by atoms with Crippen molar-refractivity contribution in [3.63, 3.8) is 0 Å². The summed E-state index contributed by atoms with van der Waals surface area (Å²) < 4.78 is 0. The van der Waals surface area contributed by atoms with Gasteiger partial charge >= 0.3 is 0 Å². The molecule has 20 heavy (non-hydrogen) atoms. The van der Waals surface area contributed by atoms with E-state index in [9.17, 15) is 14.4 Å². The van der Waals surface area contributed by atoms with E-state index in [1.807, 2.05) is 0 Å². The fraction of sp³-hybridized carbons (Fsp3) is 0.385. The summed E-state index contributed by atoms with van der Waals surface area (Å²) in [5, 5.41) is 2.64. The monoisotopic (exact) mass is 276 g/mol. The smallest absolute Gasteiger partial charge is 0.252 e. The molecule has 1 aliphatic rings. The Bertz CT molecular complexity index is 558. The Morgan fingerprint density at radius 2 is 2.30 bits per heavy atom. The summed E-state index contributed by atoms with van der Waals surface area (Å²) in [5.41, 5.74) is 6.46. The van der Waals surface area contributed by atoms with Gasteiger partial charge in [-0.2, -0.15) is 0 Å². The lowest BCUT2D eigenvalue weighted by Crippen LogP contribution is -2.52. The number of nitrogens with one attached hydrogen (secondary N) is 1. The van der Waals surface area contributed by atoms with Crippen LogP contribution in [0.25, 0.3) is 0 Å². The van der Waals surface area contributed by atoms with Crippen molar-refractivity contribution in [2.45, 2.75) is 25.4 Å². The van der Waals surface area contributed by atoms with E-state index in [4.69, 9.17) is 5.73 Å². The predicted octanol–water partition coefficient (Wildman–Crippen LogP) is -0.582. The Balaban J connectivity index is 2.07. The lowest BCUT2D eigenvalue weighted by molar-refractivity contribution is -0.147. The minimum absolute atomic E-state index is 0.227. The second-order valence-electron chi connectivity index (χ2n) is 4.60. The van der Waals surface area contributed by atoms with Crippen molar-refractivity contribution >= 4 is 17.7 Å². The molecule has 106 valence electrons. The van der Waals surface area contributed by atoms with Gasteiger partial charge in [-0.05, 0) is 18.6 Å². The number of hydrogen-bond donors (Lipinski definition) is 2. The van der Waals surface area contributed by atoms with Crippen LogP contribution in [0.15, 0.2) is 18.3 Å². The molecule has 7 heteroatoms. The molecule has 0 radical (unpaired) electrons. The number of piperidine rings is 1. The molecule has 1 atom stereocenters. The highest BCUT2D eigenvalue weighted by Gasteiger charge is 2.32. The fourth-order valence-corrected chi connectivity index (χ4v) is 2.02. The molecule has 1 aromatic heterocycles. The summed E-state index contributed by atoms with van der Waals surface area (Å²) in [6, 6.07) is 2.47. The van der Waals surface area contributed by atoms with E-state index in [0.717, 1.165) is 4.90 Å². The zero-order valence-electron chi connectivity index (χ0n) is 11.1. The lowest BCUT2D eigenvalue weighted by Gasteiger charge is -2.28. The molecule has 1 aromatic rings. The average molecular weight is 276 g/mol. The quantitative estimate of drug-likeness (QED) is 0.718. The normalized spacial score (nSPS) is 19.1. The van der Waals surface area contributed by atoms with Gasteiger partial charge in [0.1, 0.15) is 6.04 Å². The van der Waals surface area contributed by atoms with Crippen LogP contribution >= 0.6 is 0 Å². The van der Waals surface area contributed by atoms with E-state index in [1.165, 1.54) is 13.2 Å².